The SMILES string of the molecule is CCCCCCCN(C(=O)NCCCCC)c1cccc(Sc2ccc(CC(=O)O)cc2)c1. The third-order valence-corrected chi connectivity index (χ3v) is 6.43. The lowest BCUT2D eigenvalue weighted by atomic mass is 10.1. The average molecular weight is 471 g/mol. The molecule has 0 fully saturated rings. The van der Waals surface area contributed by atoms with Gasteiger partial charge in [-0.1, -0.05) is 82.3 Å². The van der Waals surface area contributed by atoms with Crippen LogP contribution in [-0.2, 0) is 11.2 Å². The summed E-state index contributed by atoms with van der Waals surface area (Å²) < 4.78 is 0. The number of carboxylic acids is 1. The quantitative estimate of drug-likeness (QED) is 0.271. The number of carboxylic acid groups (broad SMARTS) is 1. The lowest BCUT2D eigenvalue weighted by Gasteiger charge is -2.24. The predicted molar refractivity (Wildman–Crippen MR) is 137 cm³/mol. The Balaban J connectivity index is 2.07. The summed E-state index contributed by atoms with van der Waals surface area (Å²) in [7, 11) is 0. The molecule has 0 aliphatic rings. The molecule has 0 bridgehead atoms. The molecular weight excluding hydrogens is 432 g/mol. The molecule has 33 heavy (non-hydrogen) atoms. The highest BCUT2D eigenvalue weighted by Gasteiger charge is 2.15. The fraction of sp³-hybridized carbons (Fsp3) is 0.481. The van der Waals surface area contributed by atoms with Crippen molar-refractivity contribution in [3.63, 3.8) is 0 Å². The molecule has 5 nitrogen and oxygen atoms in total. The van der Waals surface area contributed by atoms with Crippen molar-refractivity contribution >= 4 is 29.4 Å². The third kappa shape index (κ3) is 10.3. The number of aliphatic carboxylic acids is 1. The van der Waals surface area contributed by atoms with Crippen molar-refractivity contribution in [2.75, 3.05) is 18.0 Å². The first-order chi connectivity index (χ1) is 16.0. The molecule has 2 aromatic rings. The number of hydrogen-bond acceptors (Lipinski definition) is 3. The second-order valence-electron chi connectivity index (χ2n) is 8.32. The minimum absolute atomic E-state index is 0.0261. The third-order valence-electron chi connectivity index (χ3n) is 5.43. The first-order valence-electron chi connectivity index (χ1n) is 12.2. The maximum absolute atomic E-state index is 13.0. The van der Waals surface area contributed by atoms with Crippen molar-refractivity contribution in [3.8, 4) is 0 Å². The Hall–Kier alpha value is -2.47. The molecule has 0 heterocycles. The summed E-state index contributed by atoms with van der Waals surface area (Å²) in [5.41, 5.74) is 1.69. The number of nitrogens with one attached hydrogen (secondary N) is 1. The molecule has 2 rings (SSSR count). The van der Waals surface area contributed by atoms with Crippen LogP contribution in [0, 0.1) is 0 Å². The lowest BCUT2D eigenvalue weighted by molar-refractivity contribution is -0.136. The Bertz CT molecular complexity index is 855. The van der Waals surface area contributed by atoms with Crippen molar-refractivity contribution in [1.82, 2.24) is 5.32 Å². The number of benzene rings is 2. The summed E-state index contributed by atoms with van der Waals surface area (Å²) in [5, 5.41) is 12.0. The van der Waals surface area contributed by atoms with E-state index in [-0.39, 0.29) is 12.5 Å². The fourth-order valence-electron chi connectivity index (χ4n) is 3.59. The van der Waals surface area contributed by atoms with E-state index in [2.05, 4.69) is 25.2 Å². The van der Waals surface area contributed by atoms with Gasteiger partial charge in [-0.15, -0.1) is 0 Å². The largest absolute Gasteiger partial charge is 0.481 e. The van der Waals surface area contributed by atoms with Gasteiger partial charge in [0.2, 0.25) is 0 Å². The van der Waals surface area contributed by atoms with Crippen molar-refractivity contribution in [1.29, 1.82) is 0 Å². The van der Waals surface area contributed by atoms with Crippen LogP contribution in [0.1, 0.15) is 70.8 Å². The van der Waals surface area contributed by atoms with Crippen LogP contribution in [0.2, 0.25) is 0 Å². The Morgan fingerprint density at radius 1 is 0.879 bits per heavy atom. The second kappa shape index (κ2) is 15.4. The van der Waals surface area contributed by atoms with E-state index in [0.29, 0.717) is 13.1 Å². The molecule has 0 atom stereocenters. The molecule has 0 saturated carbocycles. The molecule has 2 amide bonds. The monoisotopic (exact) mass is 470 g/mol. The molecule has 0 radical (unpaired) electrons. The number of carbonyl (C=O) groups excluding carboxylic acids is 1. The zero-order chi connectivity index (χ0) is 23.9. The van der Waals surface area contributed by atoms with Crippen LogP contribution in [0.5, 0.6) is 0 Å². The number of carbonyl (C=O) groups is 2. The van der Waals surface area contributed by atoms with Crippen LogP contribution in [0.3, 0.4) is 0 Å². The number of rotatable bonds is 15. The van der Waals surface area contributed by atoms with Gasteiger partial charge in [-0.25, -0.2) is 4.79 Å². The number of amides is 2. The topological polar surface area (TPSA) is 69.6 Å². The number of hydrogen-bond donors (Lipinski definition) is 2. The van der Waals surface area contributed by atoms with Crippen LogP contribution in [-0.4, -0.2) is 30.2 Å². The predicted octanol–water partition coefficient (Wildman–Crippen LogP) is 7.14. The maximum Gasteiger partial charge on any atom is 0.321 e. The minimum atomic E-state index is -0.828. The van der Waals surface area contributed by atoms with Crippen molar-refractivity contribution < 1.29 is 14.7 Å². The zero-order valence-electron chi connectivity index (χ0n) is 20.0. The van der Waals surface area contributed by atoms with Gasteiger partial charge in [-0.3, -0.25) is 9.69 Å². The van der Waals surface area contributed by atoms with Gasteiger partial charge in [0, 0.05) is 28.6 Å². The van der Waals surface area contributed by atoms with Crippen molar-refractivity contribution in [3.05, 3.63) is 54.1 Å². The molecule has 0 unspecified atom stereocenters. The molecule has 6 heteroatoms. The van der Waals surface area contributed by atoms with Crippen LogP contribution in [0.15, 0.2) is 58.3 Å². The molecule has 0 spiro atoms. The normalized spacial score (nSPS) is 10.7. The first kappa shape index (κ1) is 26.8. The van der Waals surface area contributed by atoms with E-state index in [1.165, 1.54) is 19.3 Å². The van der Waals surface area contributed by atoms with E-state index in [9.17, 15) is 9.59 Å². The van der Waals surface area contributed by atoms with E-state index >= 15 is 0 Å². The van der Waals surface area contributed by atoms with Crippen LogP contribution in [0.4, 0.5) is 10.5 Å². The molecule has 2 aromatic carbocycles. The van der Waals surface area contributed by atoms with Crippen molar-refractivity contribution in [2.24, 2.45) is 0 Å². The highest BCUT2D eigenvalue weighted by molar-refractivity contribution is 7.99. The number of unbranched alkanes of at least 4 members (excludes halogenated alkanes) is 6. The molecule has 0 saturated heterocycles. The van der Waals surface area contributed by atoms with Gasteiger partial charge in [0.15, 0.2) is 0 Å². The summed E-state index contributed by atoms with van der Waals surface area (Å²) in [6.07, 6.45) is 9.05. The lowest BCUT2D eigenvalue weighted by Crippen LogP contribution is -2.41. The maximum atomic E-state index is 13.0. The molecule has 0 aliphatic heterocycles. The van der Waals surface area contributed by atoms with Gasteiger partial charge in [0.05, 0.1) is 6.42 Å². The minimum Gasteiger partial charge on any atom is -0.481 e. The van der Waals surface area contributed by atoms with Crippen molar-refractivity contribution in [2.45, 2.75) is 81.4 Å². The van der Waals surface area contributed by atoms with E-state index < -0.39 is 5.97 Å². The fourth-order valence-corrected chi connectivity index (χ4v) is 4.46. The Labute approximate surface area is 203 Å². The van der Waals surface area contributed by atoms with Gasteiger partial charge in [-0.2, -0.15) is 0 Å². The van der Waals surface area contributed by atoms with Gasteiger partial charge in [-0.05, 0) is 48.7 Å². The second-order valence-corrected chi connectivity index (χ2v) is 9.47. The first-order valence-corrected chi connectivity index (χ1v) is 13.0. The average Bonchev–Trinajstić information content (AvgIpc) is 2.80. The molecule has 0 aliphatic carbocycles. The molecule has 2 N–H and O–H groups in total. The van der Waals surface area contributed by atoms with Gasteiger partial charge >= 0.3 is 12.0 Å². The summed E-state index contributed by atoms with van der Waals surface area (Å²) in [6, 6.07) is 15.7. The van der Waals surface area contributed by atoms with Gasteiger partial charge < -0.3 is 10.4 Å². The number of nitrogens with zero attached hydrogens (tertiary/aromatic N) is 1. The zero-order valence-corrected chi connectivity index (χ0v) is 20.8. The van der Waals surface area contributed by atoms with E-state index in [1.807, 2.05) is 47.4 Å². The highest BCUT2D eigenvalue weighted by Crippen LogP contribution is 2.31. The Kier molecular flexibility index (Phi) is 12.5. The molecule has 180 valence electrons. The summed E-state index contributed by atoms with van der Waals surface area (Å²) in [4.78, 5) is 27.8. The van der Waals surface area contributed by atoms with E-state index in [1.54, 1.807) is 11.8 Å². The standard InChI is InChI=1S/C27H38N2O3S/c1-3-5-7-8-10-19-29(27(32)28-18-9-6-4-2)23-12-11-13-25(21-23)33-24-16-14-22(15-17-24)20-26(30)31/h11-17,21H,3-10,18-20H2,1-2H3,(H,28,32)(H,30,31). The van der Waals surface area contributed by atoms with E-state index in [0.717, 1.165) is 53.1 Å². The van der Waals surface area contributed by atoms with Crippen LogP contribution in [0.25, 0.3) is 0 Å². The highest BCUT2D eigenvalue weighted by atomic mass is 32.2. The van der Waals surface area contributed by atoms with Crippen LogP contribution < -0.4 is 10.2 Å². The molecule has 0 aromatic heterocycles. The Morgan fingerprint density at radius 2 is 1.58 bits per heavy atom. The summed E-state index contributed by atoms with van der Waals surface area (Å²) in [6.45, 7) is 5.78. The van der Waals surface area contributed by atoms with E-state index in [4.69, 9.17) is 5.11 Å². The summed E-state index contributed by atoms with van der Waals surface area (Å²) in [5.74, 6) is -0.828. The smallest absolute Gasteiger partial charge is 0.321 e. The number of anilines is 1. The van der Waals surface area contributed by atoms with Crippen LogP contribution >= 0.6 is 11.8 Å². The van der Waals surface area contributed by atoms with Gasteiger partial charge in [0.1, 0.15) is 0 Å². The number of urea groups is 1. The molecular formula is C27H38N2O3S. The van der Waals surface area contributed by atoms with Gasteiger partial charge in [0.25, 0.3) is 0 Å². The summed E-state index contributed by atoms with van der Waals surface area (Å²) >= 11 is 1.61. The Morgan fingerprint density at radius 3 is 2.27 bits per heavy atom.